The van der Waals surface area contributed by atoms with Gasteiger partial charge < -0.3 is 9.42 Å². The minimum Gasteiger partial charge on any atom is -0.354 e. The number of alkyl halides is 2. The van der Waals surface area contributed by atoms with Crippen LogP contribution in [0, 0.1) is 11.8 Å². The van der Waals surface area contributed by atoms with Crippen LogP contribution in [0.4, 0.5) is 8.78 Å². The number of fused-ring (bicyclic) bond motifs is 1. The Bertz CT molecular complexity index is 1270. The minimum absolute atomic E-state index is 0.0288. The van der Waals surface area contributed by atoms with Crippen LogP contribution in [0.1, 0.15) is 51.0 Å². The van der Waals surface area contributed by atoms with E-state index in [2.05, 4.69) is 22.0 Å². The Hall–Kier alpha value is -2.81. The lowest BCUT2D eigenvalue weighted by Gasteiger charge is -2.41. The molecule has 2 aliphatic rings. The third-order valence-corrected chi connectivity index (χ3v) is 7.54. The van der Waals surface area contributed by atoms with Crippen LogP contribution in [0.2, 0.25) is 0 Å². The first kappa shape index (κ1) is 23.0. The Morgan fingerprint density at radius 2 is 1.94 bits per heavy atom. The van der Waals surface area contributed by atoms with Gasteiger partial charge in [-0.2, -0.15) is 0 Å². The Morgan fingerprint density at radius 3 is 2.68 bits per heavy atom. The van der Waals surface area contributed by atoms with Crippen LogP contribution in [0.5, 0.6) is 0 Å². The molecule has 5 rings (SSSR count). The molecule has 1 aromatic carbocycles. The van der Waals surface area contributed by atoms with Gasteiger partial charge in [-0.15, -0.1) is 0 Å². The van der Waals surface area contributed by atoms with Crippen LogP contribution in [-0.2, 0) is 6.42 Å². The lowest BCUT2D eigenvalue weighted by molar-refractivity contribution is -0.0512. The number of nitrogens with zero attached hydrogens (tertiary/aromatic N) is 3. The Balaban J connectivity index is 1.24. The van der Waals surface area contributed by atoms with Gasteiger partial charge >= 0.3 is 5.69 Å². The molecule has 2 atom stereocenters. The van der Waals surface area contributed by atoms with Gasteiger partial charge in [-0.3, -0.25) is 9.78 Å². The SMILES string of the molecule is C[C@H]1C[C@H](Cc2ccc3onc(-n4ccc(=O)[nH]c4=O)c3c2)CCN1CC1CCC(F)(F)CC1. The predicted octanol–water partition coefficient (Wildman–Crippen LogP) is 4.14. The average Bonchev–Trinajstić information content (AvgIpc) is 3.20. The monoisotopic (exact) mass is 472 g/mol. The molecule has 7 nitrogen and oxygen atoms in total. The highest BCUT2D eigenvalue weighted by Gasteiger charge is 2.36. The van der Waals surface area contributed by atoms with Gasteiger partial charge in [0, 0.05) is 37.7 Å². The van der Waals surface area contributed by atoms with Gasteiger partial charge in [0.1, 0.15) is 0 Å². The molecule has 2 aromatic heterocycles. The van der Waals surface area contributed by atoms with E-state index in [1.54, 1.807) is 0 Å². The molecule has 3 heterocycles. The molecule has 182 valence electrons. The van der Waals surface area contributed by atoms with Crippen molar-refractivity contribution in [3.63, 3.8) is 0 Å². The second-order valence-electron chi connectivity index (χ2n) is 10.1. The summed E-state index contributed by atoms with van der Waals surface area (Å²) in [5, 5.41) is 4.77. The molecular formula is C25H30F2N4O3. The number of rotatable bonds is 5. The quantitative estimate of drug-likeness (QED) is 0.604. The zero-order chi connectivity index (χ0) is 23.9. The predicted molar refractivity (Wildman–Crippen MR) is 125 cm³/mol. The molecule has 34 heavy (non-hydrogen) atoms. The van der Waals surface area contributed by atoms with Crippen molar-refractivity contribution in [1.29, 1.82) is 0 Å². The fourth-order valence-corrected chi connectivity index (χ4v) is 5.58. The number of aromatic nitrogens is 3. The molecule has 9 heteroatoms. The average molecular weight is 473 g/mol. The number of hydrogen-bond acceptors (Lipinski definition) is 5. The number of nitrogens with one attached hydrogen (secondary N) is 1. The fourth-order valence-electron chi connectivity index (χ4n) is 5.58. The first-order chi connectivity index (χ1) is 16.3. The van der Waals surface area contributed by atoms with E-state index in [0.717, 1.165) is 43.3 Å². The third-order valence-electron chi connectivity index (χ3n) is 7.54. The van der Waals surface area contributed by atoms with E-state index in [4.69, 9.17) is 4.52 Å². The molecule has 3 aromatic rings. The van der Waals surface area contributed by atoms with Crippen LogP contribution in [0.3, 0.4) is 0 Å². The Morgan fingerprint density at radius 1 is 1.15 bits per heavy atom. The second-order valence-corrected chi connectivity index (χ2v) is 10.1. The topological polar surface area (TPSA) is 84.1 Å². The highest BCUT2D eigenvalue weighted by Crippen LogP contribution is 2.37. The van der Waals surface area contributed by atoms with Crippen LogP contribution in [-0.4, -0.2) is 44.7 Å². The molecule has 1 aliphatic carbocycles. The van der Waals surface area contributed by atoms with Crippen molar-refractivity contribution in [1.82, 2.24) is 19.6 Å². The molecular weight excluding hydrogens is 442 g/mol. The van der Waals surface area contributed by atoms with Crippen molar-refractivity contribution >= 4 is 11.0 Å². The number of halogens is 2. The normalized spacial score (nSPS) is 24.0. The van der Waals surface area contributed by atoms with Gasteiger partial charge in [-0.05, 0) is 75.1 Å². The number of piperidine rings is 1. The standard InChI is InChI=1S/C25H30F2N4O3/c1-16-12-19(6-10-30(16)15-17-4-8-25(26,27)9-5-17)13-18-2-3-21-20(14-18)23(29-34-21)31-11-7-22(32)28-24(31)33/h2-3,7,11,14,16-17,19H,4-6,8-10,12-13,15H2,1H3,(H,28,32,33)/t16-,19+/m0/s1. The second kappa shape index (κ2) is 9.09. The molecule has 0 amide bonds. The summed E-state index contributed by atoms with van der Waals surface area (Å²) in [7, 11) is 0. The van der Waals surface area contributed by atoms with Crippen LogP contribution >= 0.6 is 0 Å². The van der Waals surface area contributed by atoms with Gasteiger partial charge in [-0.25, -0.2) is 18.1 Å². The molecule has 0 bridgehead atoms. The maximum absolute atomic E-state index is 13.5. The van der Waals surface area contributed by atoms with Crippen LogP contribution in [0.15, 0.2) is 44.6 Å². The van der Waals surface area contributed by atoms with Crippen LogP contribution < -0.4 is 11.2 Å². The number of likely N-dealkylation sites (tertiary alicyclic amines) is 1. The summed E-state index contributed by atoms with van der Waals surface area (Å²) in [4.78, 5) is 28.3. The first-order valence-electron chi connectivity index (χ1n) is 12.1. The van der Waals surface area contributed by atoms with Crippen molar-refractivity contribution in [2.75, 3.05) is 13.1 Å². The van der Waals surface area contributed by atoms with Gasteiger partial charge in [0.2, 0.25) is 5.92 Å². The molecule has 0 unspecified atom stereocenters. The summed E-state index contributed by atoms with van der Waals surface area (Å²) in [5.74, 6) is -1.20. The van der Waals surface area contributed by atoms with Gasteiger partial charge in [0.15, 0.2) is 11.4 Å². The van der Waals surface area contributed by atoms with Crippen molar-refractivity contribution in [2.24, 2.45) is 11.8 Å². The zero-order valence-corrected chi connectivity index (χ0v) is 19.3. The van der Waals surface area contributed by atoms with Crippen molar-refractivity contribution < 1.29 is 13.3 Å². The molecule has 1 saturated heterocycles. The summed E-state index contributed by atoms with van der Waals surface area (Å²) in [5.41, 5.74) is 0.709. The number of aromatic amines is 1. The van der Waals surface area contributed by atoms with E-state index in [-0.39, 0.29) is 12.8 Å². The van der Waals surface area contributed by atoms with E-state index < -0.39 is 17.2 Å². The van der Waals surface area contributed by atoms with E-state index in [1.807, 2.05) is 18.2 Å². The van der Waals surface area contributed by atoms with Gasteiger partial charge in [-0.1, -0.05) is 11.2 Å². The highest BCUT2D eigenvalue weighted by atomic mass is 19.3. The fraction of sp³-hybridized carbons (Fsp3) is 0.560. The Labute approximate surface area is 195 Å². The van der Waals surface area contributed by atoms with E-state index in [1.165, 1.54) is 16.8 Å². The minimum atomic E-state index is -2.47. The number of H-pyrrole nitrogens is 1. The largest absolute Gasteiger partial charge is 0.354 e. The van der Waals surface area contributed by atoms with Crippen LogP contribution in [0.25, 0.3) is 16.8 Å². The van der Waals surface area contributed by atoms with E-state index >= 15 is 0 Å². The lowest BCUT2D eigenvalue weighted by atomic mass is 9.83. The van der Waals surface area contributed by atoms with E-state index in [0.29, 0.717) is 42.1 Å². The van der Waals surface area contributed by atoms with E-state index in [9.17, 15) is 18.4 Å². The molecule has 1 saturated carbocycles. The molecule has 1 N–H and O–H groups in total. The molecule has 0 radical (unpaired) electrons. The maximum Gasteiger partial charge on any atom is 0.334 e. The van der Waals surface area contributed by atoms with Crippen molar-refractivity contribution in [3.8, 4) is 5.82 Å². The number of benzene rings is 1. The first-order valence-corrected chi connectivity index (χ1v) is 12.1. The summed E-state index contributed by atoms with van der Waals surface area (Å²) < 4.78 is 33.6. The summed E-state index contributed by atoms with van der Waals surface area (Å²) in [6.45, 7) is 4.16. The lowest BCUT2D eigenvalue weighted by Crippen LogP contribution is -2.44. The molecule has 2 fully saturated rings. The maximum atomic E-state index is 13.5. The highest BCUT2D eigenvalue weighted by molar-refractivity contribution is 5.84. The van der Waals surface area contributed by atoms with Crippen molar-refractivity contribution in [3.05, 3.63) is 56.9 Å². The number of hydrogen-bond donors (Lipinski definition) is 1. The summed E-state index contributed by atoms with van der Waals surface area (Å²) in [6, 6.07) is 7.62. The summed E-state index contributed by atoms with van der Waals surface area (Å²) >= 11 is 0. The molecule has 0 spiro atoms. The van der Waals surface area contributed by atoms with Crippen molar-refractivity contribution in [2.45, 2.75) is 63.8 Å². The zero-order valence-electron chi connectivity index (χ0n) is 19.3. The molecule has 1 aliphatic heterocycles. The van der Waals surface area contributed by atoms with Gasteiger partial charge in [0.05, 0.1) is 5.39 Å². The van der Waals surface area contributed by atoms with Gasteiger partial charge in [0.25, 0.3) is 5.56 Å². The smallest absolute Gasteiger partial charge is 0.334 e. The Kier molecular flexibility index (Phi) is 6.14. The third kappa shape index (κ3) is 4.85. The summed E-state index contributed by atoms with van der Waals surface area (Å²) in [6.07, 6.45) is 5.75.